The van der Waals surface area contributed by atoms with Gasteiger partial charge in [0.1, 0.15) is 18.1 Å². The van der Waals surface area contributed by atoms with Crippen LogP contribution in [0, 0.1) is 0 Å². The van der Waals surface area contributed by atoms with Crippen LogP contribution in [0.4, 0.5) is 5.69 Å². The molecular formula is C32H27ClN4O6. The van der Waals surface area contributed by atoms with E-state index in [2.05, 4.69) is 10.3 Å². The van der Waals surface area contributed by atoms with Crippen molar-refractivity contribution in [3.63, 3.8) is 0 Å². The maximum Gasteiger partial charge on any atom is 0.299 e. The Morgan fingerprint density at radius 1 is 0.907 bits per heavy atom. The molecule has 0 N–H and O–H groups in total. The van der Waals surface area contributed by atoms with Crippen molar-refractivity contribution in [3.8, 4) is 17.2 Å². The lowest BCUT2D eigenvalue weighted by Gasteiger charge is -2.16. The van der Waals surface area contributed by atoms with Crippen LogP contribution in [0.15, 0.2) is 79.0 Å². The van der Waals surface area contributed by atoms with E-state index >= 15 is 0 Å². The Morgan fingerprint density at radius 3 is 2.47 bits per heavy atom. The van der Waals surface area contributed by atoms with Gasteiger partial charge in [-0.15, -0.1) is 5.10 Å². The molecule has 0 bridgehead atoms. The average molecular weight is 599 g/mol. The highest BCUT2D eigenvalue weighted by atomic mass is 35.5. The topological polar surface area (TPSA) is 113 Å². The molecule has 0 saturated carbocycles. The Balaban J connectivity index is 1.15. The molecule has 1 aromatic heterocycles. The highest BCUT2D eigenvalue weighted by molar-refractivity contribution is 6.52. The molecule has 1 amide bonds. The van der Waals surface area contributed by atoms with Crippen molar-refractivity contribution >= 4 is 46.9 Å². The number of carbonyl (C=O) groups excluding carboxylic acids is 3. The van der Waals surface area contributed by atoms with E-state index in [0.29, 0.717) is 40.0 Å². The zero-order valence-corrected chi connectivity index (χ0v) is 24.2. The number of fused-ring (bicyclic) bond motifs is 1. The number of halogens is 1. The van der Waals surface area contributed by atoms with E-state index in [4.69, 9.17) is 25.8 Å². The molecule has 0 aliphatic carbocycles. The van der Waals surface area contributed by atoms with Crippen LogP contribution in [0.3, 0.4) is 0 Å². The standard InChI is InChI=1S/C32H27ClN4O6/c1-41-26-5-3-4-21(16-26)6-10-25(38)11-7-22-8-13-29(30(17-22)42-2)43-20-24-19-36(35-34-24)14-15-37-28-12-9-23(33)18-27(28)31(39)32(37)40/h3-13,16-19H,14-15,20H2,1-2H3/b10-6+,11-7+. The third-order valence-electron chi connectivity index (χ3n) is 6.61. The molecule has 0 spiro atoms. The summed E-state index contributed by atoms with van der Waals surface area (Å²) in [5.74, 6) is 0.365. The summed E-state index contributed by atoms with van der Waals surface area (Å²) in [6, 6.07) is 17.6. The summed E-state index contributed by atoms with van der Waals surface area (Å²) in [6.07, 6.45) is 8.10. The number of aromatic nitrogens is 3. The summed E-state index contributed by atoms with van der Waals surface area (Å²) in [7, 11) is 3.13. The molecule has 0 saturated heterocycles. The molecule has 5 rings (SSSR count). The Kier molecular flexibility index (Phi) is 8.97. The predicted molar refractivity (Wildman–Crippen MR) is 162 cm³/mol. The van der Waals surface area contributed by atoms with Gasteiger partial charge in [0, 0.05) is 11.6 Å². The highest BCUT2D eigenvalue weighted by Crippen LogP contribution is 2.31. The van der Waals surface area contributed by atoms with Gasteiger partial charge in [0.15, 0.2) is 17.3 Å². The summed E-state index contributed by atoms with van der Waals surface area (Å²) in [5, 5.41) is 8.63. The smallest absolute Gasteiger partial charge is 0.299 e. The van der Waals surface area contributed by atoms with Crippen molar-refractivity contribution in [2.24, 2.45) is 0 Å². The maximum atomic E-state index is 12.4. The van der Waals surface area contributed by atoms with Crippen molar-refractivity contribution in [1.29, 1.82) is 0 Å². The molecule has 218 valence electrons. The first kappa shape index (κ1) is 29.3. The third-order valence-corrected chi connectivity index (χ3v) is 6.84. The molecule has 1 aliphatic rings. The highest BCUT2D eigenvalue weighted by Gasteiger charge is 2.35. The Labute approximate surface area is 252 Å². The third kappa shape index (κ3) is 6.99. The number of nitrogens with zero attached hydrogens (tertiary/aromatic N) is 4. The number of amides is 1. The number of rotatable bonds is 12. The molecule has 10 nitrogen and oxygen atoms in total. The number of ketones is 2. The molecule has 0 fully saturated rings. The van der Waals surface area contributed by atoms with Crippen LogP contribution in [0.5, 0.6) is 17.2 Å². The summed E-state index contributed by atoms with van der Waals surface area (Å²) < 4.78 is 18.2. The van der Waals surface area contributed by atoms with Gasteiger partial charge < -0.3 is 19.1 Å². The van der Waals surface area contributed by atoms with Crippen LogP contribution < -0.4 is 19.1 Å². The fourth-order valence-electron chi connectivity index (χ4n) is 4.43. The zero-order valence-electron chi connectivity index (χ0n) is 23.4. The lowest BCUT2D eigenvalue weighted by Crippen LogP contribution is -2.32. The van der Waals surface area contributed by atoms with Crippen molar-refractivity contribution in [2.45, 2.75) is 13.2 Å². The maximum absolute atomic E-state index is 12.4. The van der Waals surface area contributed by atoms with Gasteiger partial charge in [0.2, 0.25) is 0 Å². The lowest BCUT2D eigenvalue weighted by atomic mass is 10.1. The number of allylic oxidation sites excluding steroid dienone is 2. The summed E-state index contributed by atoms with van der Waals surface area (Å²) >= 11 is 5.98. The second-order valence-electron chi connectivity index (χ2n) is 9.46. The molecule has 0 radical (unpaired) electrons. The molecule has 43 heavy (non-hydrogen) atoms. The second kappa shape index (κ2) is 13.2. The van der Waals surface area contributed by atoms with E-state index in [1.165, 1.54) is 30.2 Å². The predicted octanol–water partition coefficient (Wildman–Crippen LogP) is 5.05. The number of ether oxygens (including phenoxy) is 3. The summed E-state index contributed by atoms with van der Waals surface area (Å²) in [4.78, 5) is 38.5. The molecule has 2 heterocycles. The molecule has 11 heteroatoms. The van der Waals surface area contributed by atoms with E-state index in [1.807, 2.05) is 30.3 Å². The second-order valence-corrected chi connectivity index (χ2v) is 9.90. The van der Waals surface area contributed by atoms with E-state index < -0.39 is 11.7 Å². The number of anilines is 1. The number of Topliss-reactive ketones (excluding diaryl/α,β-unsaturated/α-hetero) is 1. The number of hydrogen-bond acceptors (Lipinski definition) is 8. The molecule has 1 aliphatic heterocycles. The van der Waals surface area contributed by atoms with Crippen LogP contribution in [-0.4, -0.2) is 53.2 Å². The van der Waals surface area contributed by atoms with Crippen molar-refractivity contribution in [2.75, 3.05) is 25.7 Å². The molecule has 0 unspecified atom stereocenters. The monoisotopic (exact) mass is 598 g/mol. The number of benzene rings is 3. The first-order valence-electron chi connectivity index (χ1n) is 13.2. The van der Waals surface area contributed by atoms with E-state index in [-0.39, 0.29) is 18.9 Å². The summed E-state index contributed by atoms with van der Waals surface area (Å²) in [6.45, 7) is 0.693. The number of carbonyl (C=O) groups is 3. The summed E-state index contributed by atoms with van der Waals surface area (Å²) in [5.41, 5.74) is 3.02. The SMILES string of the molecule is COc1cccc(/C=C/C(=O)/C=C/c2ccc(OCc3cn(CCN4C(=O)C(=O)c5cc(Cl)ccc54)nn3)c(OC)c2)c1. The van der Waals surface area contributed by atoms with Crippen molar-refractivity contribution in [3.05, 3.63) is 106 Å². The molecular weight excluding hydrogens is 572 g/mol. The fraction of sp³-hybridized carbons (Fsp3) is 0.156. The van der Waals surface area contributed by atoms with Gasteiger partial charge in [0.05, 0.1) is 38.2 Å². The molecule has 3 aromatic carbocycles. The molecule has 0 atom stereocenters. The van der Waals surface area contributed by atoms with Gasteiger partial charge in [-0.25, -0.2) is 0 Å². The minimum absolute atomic E-state index is 0.127. The van der Waals surface area contributed by atoms with Gasteiger partial charge in [0.25, 0.3) is 11.7 Å². The Bertz CT molecular complexity index is 1750. The van der Waals surface area contributed by atoms with Crippen molar-refractivity contribution < 1.29 is 28.6 Å². The van der Waals surface area contributed by atoms with Crippen LogP contribution >= 0.6 is 11.6 Å². The van der Waals surface area contributed by atoms with Crippen LogP contribution in [-0.2, 0) is 22.7 Å². The lowest BCUT2D eigenvalue weighted by molar-refractivity contribution is -0.114. The first-order valence-corrected chi connectivity index (χ1v) is 13.6. The van der Waals surface area contributed by atoms with E-state index in [0.717, 1.165) is 16.9 Å². The van der Waals surface area contributed by atoms with Gasteiger partial charge >= 0.3 is 0 Å². The van der Waals surface area contributed by atoms with Gasteiger partial charge in [-0.05, 0) is 65.7 Å². The van der Waals surface area contributed by atoms with Crippen LogP contribution in [0.1, 0.15) is 27.2 Å². The van der Waals surface area contributed by atoms with Gasteiger partial charge in [-0.1, -0.05) is 47.2 Å². The van der Waals surface area contributed by atoms with Gasteiger partial charge in [-0.3, -0.25) is 19.1 Å². The quantitative estimate of drug-likeness (QED) is 0.164. The average Bonchev–Trinajstić information content (AvgIpc) is 3.58. The number of methoxy groups -OCH3 is 2. The molecule has 4 aromatic rings. The van der Waals surface area contributed by atoms with Crippen molar-refractivity contribution in [1.82, 2.24) is 15.0 Å². The largest absolute Gasteiger partial charge is 0.497 e. The van der Waals surface area contributed by atoms with Gasteiger partial charge in [-0.2, -0.15) is 0 Å². The van der Waals surface area contributed by atoms with E-state index in [9.17, 15) is 14.4 Å². The number of hydrogen-bond donors (Lipinski definition) is 0. The van der Waals surface area contributed by atoms with Crippen LogP contribution in [0.25, 0.3) is 12.2 Å². The Morgan fingerprint density at radius 2 is 1.70 bits per heavy atom. The van der Waals surface area contributed by atoms with E-state index in [1.54, 1.807) is 54.4 Å². The minimum Gasteiger partial charge on any atom is -0.497 e. The van der Waals surface area contributed by atoms with Crippen LogP contribution in [0.2, 0.25) is 5.02 Å². The fourth-order valence-corrected chi connectivity index (χ4v) is 4.60. The zero-order chi connectivity index (χ0) is 30.3. The normalized spacial score (nSPS) is 12.8. The Hall–Kier alpha value is -5.22. The first-order chi connectivity index (χ1) is 20.8. The minimum atomic E-state index is -0.597.